The summed E-state index contributed by atoms with van der Waals surface area (Å²) in [6.07, 6.45) is -4.81. The fourth-order valence-electron chi connectivity index (χ4n) is 1.14. The molecule has 0 N–H and O–H groups in total. The van der Waals surface area contributed by atoms with Crippen molar-refractivity contribution in [3.8, 4) is 5.75 Å². The van der Waals surface area contributed by atoms with E-state index in [0.717, 1.165) is 6.07 Å². The number of halogens is 3. The van der Waals surface area contributed by atoms with Crippen molar-refractivity contribution in [1.29, 1.82) is 0 Å². The Hall–Kier alpha value is -1.92. The van der Waals surface area contributed by atoms with Gasteiger partial charge >= 0.3 is 12.4 Å². The highest BCUT2D eigenvalue weighted by Gasteiger charge is 2.32. The lowest BCUT2D eigenvalue weighted by Gasteiger charge is -2.07. The molecule has 4 nitrogen and oxygen atoms in total. The van der Waals surface area contributed by atoms with Crippen LogP contribution in [0.25, 0.3) is 0 Å². The number of alkyl halides is 3. The summed E-state index contributed by atoms with van der Waals surface area (Å²) in [5.41, 5.74) is 0. The molecule has 0 bridgehead atoms. The van der Waals surface area contributed by atoms with Crippen LogP contribution in [0, 0.1) is 0 Å². The van der Waals surface area contributed by atoms with Gasteiger partial charge < -0.3 is 4.74 Å². The maximum Gasteiger partial charge on any atom is 0.573 e. The van der Waals surface area contributed by atoms with Gasteiger partial charge in [-0.3, -0.25) is 0 Å². The van der Waals surface area contributed by atoms with E-state index < -0.39 is 18.1 Å². The van der Waals surface area contributed by atoms with E-state index in [1.807, 2.05) is 0 Å². The Balaban J connectivity index is 2.55. The van der Waals surface area contributed by atoms with Crippen molar-refractivity contribution in [2.75, 3.05) is 0 Å². The highest BCUT2D eigenvalue weighted by Crippen LogP contribution is 2.18. The molecule has 0 spiro atoms. The Bertz CT molecular complexity index is 536. The maximum atomic E-state index is 11.9. The molecule has 0 saturated carbocycles. The summed E-state index contributed by atoms with van der Waals surface area (Å²) in [6, 6.07) is 2.93. The van der Waals surface area contributed by atoms with Crippen LogP contribution in [-0.2, 0) is 0 Å². The number of para-hydroxylation sites is 1. The zero-order chi connectivity index (χ0) is 11.1. The van der Waals surface area contributed by atoms with E-state index in [2.05, 4.69) is 14.7 Å². The second-order valence-corrected chi connectivity index (χ2v) is 2.68. The van der Waals surface area contributed by atoms with E-state index >= 15 is 0 Å². The highest BCUT2D eigenvalue weighted by molar-refractivity contribution is 5.77. The molecule has 1 aliphatic heterocycles. The summed E-state index contributed by atoms with van der Waals surface area (Å²) in [7, 11) is 0. The monoisotopic (exact) mass is 216 g/mol. The number of amides is 2. The van der Waals surface area contributed by atoms with Crippen molar-refractivity contribution < 1.29 is 22.7 Å². The molecule has 1 aromatic carbocycles. The summed E-state index contributed by atoms with van der Waals surface area (Å²) in [6.45, 7) is 0. The van der Waals surface area contributed by atoms with Crippen molar-refractivity contribution in [1.82, 2.24) is 0 Å². The summed E-state index contributed by atoms with van der Waals surface area (Å²) < 4.78 is 39.5. The first-order valence-electron chi connectivity index (χ1n) is 3.82. The third-order valence-electron chi connectivity index (χ3n) is 1.63. The standard InChI is InChI=1S/C8H3F3N2O2/c9-8(10,11)15-5-3-1-2-4-6(5)13-7(14)12-4/h1-3H. The van der Waals surface area contributed by atoms with Crippen LogP contribution in [0.5, 0.6) is 5.75 Å². The van der Waals surface area contributed by atoms with Gasteiger partial charge in [0, 0.05) is 0 Å². The van der Waals surface area contributed by atoms with E-state index in [0.29, 0.717) is 0 Å². The number of nitrogens with zero attached hydrogens (tertiary/aromatic N) is 2. The minimum atomic E-state index is -4.81. The van der Waals surface area contributed by atoms with Crippen molar-refractivity contribution in [2.24, 2.45) is 9.98 Å². The van der Waals surface area contributed by atoms with Gasteiger partial charge in [0.25, 0.3) is 0 Å². The molecule has 1 aliphatic rings. The molecule has 0 aliphatic carbocycles. The van der Waals surface area contributed by atoms with Crippen LogP contribution in [0.4, 0.5) is 18.0 Å². The normalized spacial score (nSPS) is 14.2. The predicted molar refractivity (Wildman–Crippen MR) is 40.8 cm³/mol. The Labute approximate surface area is 80.7 Å². The molecule has 1 heterocycles. The molecule has 0 atom stereocenters. The largest absolute Gasteiger partial charge is 0.573 e. The molecule has 2 amide bonds. The van der Waals surface area contributed by atoms with E-state index in [1.54, 1.807) is 0 Å². The Kier molecular flexibility index (Phi) is 1.95. The van der Waals surface area contributed by atoms with Crippen LogP contribution in [0.2, 0.25) is 0 Å². The molecule has 15 heavy (non-hydrogen) atoms. The Morgan fingerprint density at radius 2 is 1.93 bits per heavy atom. The number of rotatable bonds is 1. The van der Waals surface area contributed by atoms with Gasteiger partial charge in [0.2, 0.25) is 0 Å². The lowest BCUT2D eigenvalue weighted by atomic mass is 10.3. The number of carbonyl (C=O) groups excluding carboxylic acids is 1. The van der Waals surface area contributed by atoms with Crippen molar-refractivity contribution >= 4 is 6.03 Å². The second-order valence-electron chi connectivity index (χ2n) is 2.68. The lowest BCUT2D eigenvalue weighted by molar-refractivity contribution is -0.275. The molecule has 0 aromatic heterocycles. The molecule has 0 fully saturated rings. The Morgan fingerprint density at radius 3 is 2.60 bits per heavy atom. The minimum Gasteiger partial charge on any atom is -0.403 e. The van der Waals surface area contributed by atoms with Crippen LogP contribution in [0.3, 0.4) is 0 Å². The lowest BCUT2D eigenvalue weighted by Crippen LogP contribution is -2.28. The third kappa shape index (κ3) is 1.95. The number of carbonyl (C=O) groups is 1. The highest BCUT2D eigenvalue weighted by atomic mass is 19.4. The van der Waals surface area contributed by atoms with Crippen LogP contribution in [0.1, 0.15) is 0 Å². The summed E-state index contributed by atoms with van der Waals surface area (Å²) >= 11 is 0. The fourth-order valence-corrected chi connectivity index (χ4v) is 1.14. The molecule has 7 heteroatoms. The van der Waals surface area contributed by atoms with Crippen LogP contribution in [0.15, 0.2) is 28.2 Å². The minimum absolute atomic E-state index is 0.0850. The van der Waals surface area contributed by atoms with Crippen molar-refractivity contribution in [3.63, 3.8) is 0 Å². The van der Waals surface area contributed by atoms with Gasteiger partial charge in [-0.15, -0.1) is 13.2 Å². The smallest absolute Gasteiger partial charge is 0.403 e. The first kappa shape index (κ1) is 9.63. The first-order chi connectivity index (χ1) is 6.96. The van der Waals surface area contributed by atoms with E-state index in [1.165, 1.54) is 12.1 Å². The van der Waals surface area contributed by atoms with Crippen molar-refractivity contribution in [3.05, 3.63) is 28.9 Å². The molecular weight excluding hydrogens is 213 g/mol. The van der Waals surface area contributed by atoms with Gasteiger partial charge in [0.1, 0.15) is 5.36 Å². The number of benzene rings is 1. The molecule has 2 rings (SSSR count). The van der Waals surface area contributed by atoms with E-state index in [4.69, 9.17) is 0 Å². The average Bonchev–Trinajstić information content (AvgIpc) is 2.43. The van der Waals surface area contributed by atoms with E-state index in [9.17, 15) is 18.0 Å². The summed E-state index contributed by atoms with van der Waals surface area (Å²) in [5.74, 6) is -0.519. The zero-order valence-corrected chi connectivity index (χ0v) is 7.08. The molecule has 0 radical (unpaired) electrons. The van der Waals surface area contributed by atoms with Crippen LogP contribution < -0.4 is 15.5 Å². The quantitative estimate of drug-likeness (QED) is 0.701. The topological polar surface area (TPSA) is 51.0 Å². The summed E-state index contributed by atoms with van der Waals surface area (Å²) in [5, 5.41) is -0.0958. The number of urea groups is 1. The molecule has 0 saturated heterocycles. The first-order valence-corrected chi connectivity index (χ1v) is 3.82. The fraction of sp³-hybridized carbons (Fsp3) is 0.125. The molecule has 78 valence electrons. The summed E-state index contributed by atoms with van der Waals surface area (Å²) in [4.78, 5) is 17.4. The maximum absolute atomic E-state index is 11.9. The van der Waals surface area contributed by atoms with Gasteiger partial charge in [-0.25, -0.2) is 4.79 Å². The molecular formula is C8H3F3N2O2. The third-order valence-corrected chi connectivity index (χ3v) is 1.63. The van der Waals surface area contributed by atoms with Crippen LogP contribution >= 0.6 is 0 Å². The predicted octanol–water partition coefficient (Wildman–Crippen LogP) is 0.958. The average molecular weight is 216 g/mol. The molecule has 1 aromatic rings. The van der Waals surface area contributed by atoms with Crippen molar-refractivity contribution in [2.45, 2.75) is 6.36 Å². The zero-order valence-electron chi connectivity index (χ0n) is 7.08. The number of ether oxygens (including phenoxy) is 1. The van der Waals surface area contributed by atoms with Gasteiger partial charge in [-0.1, -0.05) is 6.07 Å². The number of hydrogen-bond donors (Lipinski definition) is 0. The van der Waals surface area contributed by atoms with Gasteiger partial charge in [-0.05, 0) is 12.1 Å². The number of fused-ring (bicyclic) bond motifs is 1. The number of hydrogen-bond acceptors (Lipinski definition) is 2. The second kappa shape index (κ2) is 3.04. The Morgan fingerprint density at radius 1 is 1.20 bits per heavy atom. The molecule has 0 unspecified atom stereocenters. The van der Waals surface area contributed by atoms with Gasteiger partial charge in [-0.2, -0.15) is 9.98 Å². The van der Waals surface area contributed by atoms with Gasteiger partial charge in [0.05, 0.1) is 5.36 Å². The van der Waals surface area contributed by atoms with E-state index in [-0.39, 0.29) is 10.7 Å². The van der Waals surface area contributed by atoms with Crippen LogP contribution in [-0.4, -0.2) is 12.4 Å². The SMILES string of the molecule is O=C1N=c2cccc(OC(F)(F)F)c2=N1. The van der Waals surface area contributed by atoms with Gasteiger partial charge in [0.15, 0.2) is 5.75 Å².